The highest BCUT2D eigenvalue weighted by Gasteiger charge is 2.26. The maximum atomic E-state index is 6.38. The minimum Gasteiger partial charge on any atom is -0.326 e. The Bertz CT molecular complexity index is 400. The van der Waals surface area contributed by atoms with Crippen LogP contribution in [0.4, 0.5) is 0 Å². The van der Waals surface area contributed by atoms with Crippen LogP contribution in [-0.4, -0.2) is 36.0 Å². The highest BCUT2D eigenvalue weighted by molar-refractivity contribution is 7.98. The molecule has 0 spiro atoms. The number of hydrogen-bond acceptors (Lipinski definition) is 3. The minimum absolute atomic E-state index is 0.121. The van der Waals surface area contributed by atoms with E-state index in [1.54, 1.807) is 0 Å². The van der Waals surface area contributed by atoms with Gasteiger partial charge in [0.2, 0.25) is 0 Å². The Balaban J connectivity index is 2.94. The molecule has 0 radical (unpaired) electrons. The van der Waals surface area contributed by atoms with E-state index in [0.717, 1.165) is 11.4 Å². The number of hydrogen-bond donors (Lipinski definition) is 1. The van der Waals surface area contributed by atoms with Crippen LogP contribution in [0.3, 0.4) is 0 Å². The summed E-state index contributed by atoms with van der Waals surface area (Å²) in [6, 6.07) is 8.93. The molecule has 0 heterocycles. The normalized spacial score (nSPS) is 16.1. The lowest BCUT2D eigenvalue weighted by Crippen LogP contribution is -2.43. The van der Waals surface area contributed by atoms with Crippen molar-refractivity contribution in [3.8, 4) is 0 Å². The van der Waals surface area contributed by atoms with Gasteiger partial charge in [-0.2, -0.15) is 11.8 Å². The first kappa shape index (κ1) is 17.8. The predicted molar refractivity (Wildman–Crippen MR) is 92.7 cm³/mol. The zero-order valence-corrected chi connectivity index (χ0v) is 14.5. The van der Waals surface area contributed by atoms with Crippen LogP contribution in [0.15, 0.2) is 24.3 Å². The fourth-order valence-electron chi connectivity index (χ4n) is 2.46. The quantitative estimate of drug-likeness (QED) is 0.780. The second-order valence-electron chi connectivity index (χ2n) is 5.37. The fourth-order valence-corrected chi connectivity index (χ4v) is 3.24. The number of nitrogens with zero attached hydrogens (tertiary/aromatic N) is 1. The van der Waals surface area contributed by atoms with E-state index < -0.39 is 0 Å². The van der Waals surface area contributed by atoms with Crippen molar-refractivity contribution in [1.29, 1.82) is 0 Å². The van der Waals surface area contributed by atoms with Crippen molar-refractivity contribution in [2.24, 2.45) is 5.73 Å². The van der Waals surface area contributed by atoms with Crippen molar-refractivity contribution >= 4 is 23.4 Å². The van der Waals surface area contributed by atoms with Gasteiger partial charge in [0.1, 0.15) is 0 Å². The van der Waals surface area contributed by atoms with E-state index in [1.807, 2.05) is 30.0 Å². The molecule has 20 heavy (non-hydrogen) atoms. The number of nitrogens with two attached hydrogens (primary N) is 1. The van der Waals surface area contributed by atoms with Gasteiger partial charge in [-0.05, 0) is 56.5 Å². The molecule has 0 aliphatic rings. The SMILES string of the molecule is CCC(N)C(c1cccc(Cl)c1)N(C)C(C)CCSC. The molecular formula is C16H27ClN2S. The molecule has 0 aromatic heterocycles. The Morgan fingerprint density at radius 3 is 2.65 bits per heavy atom. The zero-order valence-electron chi connectivity index (χ0n) is 13.0. The minimum atomic E-state index is 0.121. The van der Waals surface area contributed by atoms with Crippen molar-refractivity contribution in [1.82, 2.24) is 4.90 Å². The molecule has 3 atom stereocenters. The van der Waals surface area contributed by atoms with Gasteiger partial charge in [-0.25, -0.2) is 0 Å². The van der Waals surface area contributed by atoms with Gasteiger partial charge in [0.05, 0.1) is 0 Å². The Morgan fingerprint density at radius 1 is 1.40 bits per heavy atom. The lowest BCUT2D eigenvalue weighted by Gasteiger charge is -2.37. The molecular weight excluding hydrogens is 288 g/mol. The summed E-state index contributed by atoms with van der Waals surface area (Å²) in [6.45, 7) is 4.42. The number of likely N-dealkylation sites (N-methyl/N-ethyl adjacent to an activating group) is 1. The van der Waals surface area contributed by atoms with Crippen LogP contribution in [-0.2, 0) is 0 Å². The number of thioether (sulfide) groups is 1. The van der Waals surface area contributed by atoms with Crippen molar-refractivity contribution in [2.75, 3.05) is 19.1 Å². The summed E-state index contributed by atoms with van der Waals surface area (Å²) in [4.78, 5) is 2.40. The van der Waals surface area contributed by atoms with Crippen LogP contribution < -0.4 is 5.73 Å². The number of benzene rings is 1. The lowest BCUT2D eigenvalue weighted by atomic mass is 9.95. The molecule has 0 saturated heterocycles. The molecule has 1 rings (SSSR count). The number of rotatable bonds is 8. The summed E-state index contributed by atoms with van der Waals surface area (Å²) in [5, 5.41) is 0.779. The van der Waals surface area contributed by atoms with Crippen molar-refractivity contribution < 1.29 is 0 Å². The van der Waals surface area contributed by atoms with E-state index in [2.05, 4.69) is 38.1 Å². The summed E-state index contributed by atoms with van der Waals surface area (Å²) < 4.78 is 0. The Hall–Kier alpha value is -0.220. The van der Waals surface area contributed by atoms with Gasteiger partial charge in [-0.15, -0.1) is 0 Å². The third-order valence-corrected chi connectivity index (χ3v) is 4.82. The molecule has 0 saturated carbocycles. The Morgan fingerprint density at radius 2 is 2.10 bits per heavy atom. The van der Waals surface area contributed by atoms with Crippen molar-refractivity contribution in [3.63, 3.8) is 0 Å². The van der Waals surface area contributed by atoms with Crippen LogP contribution >= 0.6 is 23.4 Å². The van der Waals surface area contributed by atoms with E-state index in [4.69, 9.17) is 17.3 Å². The lowest BCUT2D eigenvalue weighted by molar-refractivity contribution is 0.155. The monoisotopic (exact) mass is 314 g/mol. The van der Waals surface area contributed by atoms with E-state index >= 15 is 0 Å². The second kappa shape index (κ2) is 8.93. The molecule has 3 unspecified atom stereocenters. The maximum Gasteiger partial charge on any atom is 0.0499 e. The topological polar surface area (TPSA) is 29.3 Å². The third-order valence-electron chi connectivity index (χ3n) is 3.94. The van der Waals surface area contributed by atoms with Crippen molar-refractivity contribution in [3.05, 3.63) is 34.9 Å². The van der Waals surface area contributed by atoms with E-state index in [9.17, 15) is 0 Å². The van der Waals surface area contributed by atoms with Crippen molar-refractivity contribution in [2.45, 2.75) is 44.8 Å². The zero-order chi connectivity index (χ0) is 15.1. The Labute approximate surface area is 133 Å². The predicted octanol–water partition coefficient (Wildman–Crippen LogP) is 4.19. The summed E-state index contributed by atoms with van der Waals surface area (Å²) in [6.07, 6.45) is 4.28. The van der Waals surface area contributed by atoms with Gasteiger partial charge in [0, 0.05) is 23.1 Å². The van der Waals surface area contributed by atoms with Crippen LogP contribution in [0.1, 0.15) is 38.3 Å². The number of halogens is 1. The maximum absolute atomic E-state index is 6.38. The standard InChI is InChI=1S/C16H27ClN2S/c1-5-15(18)16(13-7-6-8-14(17)11-13)19(3)12(2)9-10-20-4/h6-8,11-12,15-16H,5,9-10,18H2,1-4H3. The van der Waals surface area contributed by atoms with Crippen LogP contribution in [0.2, 0.25) is 5.02 Å². The van der Waals surface area contributed by atoms with Crippen LogP contribution in [0.25, 0.3) is 0 Å². The third kappa shape index (κ3) is 4.96. The van der Waals surface area contributed by atoms with E-state index in [-0.39, 0.29) is 12.1 Å². The van der Waals surface area contributed by atoms with Gasteiger partial charge >= 0.3 is 0 Å². The molecule has 114 valence electrons. The molecule has 0 aliphatic carbocycles. The Kier molecular flexibility index (Phi) is 7.96. The summed E-state index contributed by atoms with van der Waals surface area (Å²) in [5.41, 5.74) is 7.59. The first-order chi connectivity index (χ1) is 9.51. The smallest absolute Gasteiger partial charge is 0.0499 e. The first-order valence-corrected chi connectivity index (χ1v) is 9.00. The van der Waals surface area contributed by atoms with Gasteiger partial charge in [0.25, 0.3) is 0 Å². The van der Waals surface area contributed by atoms with Crippen LogP contribution in [0, 0.1) is 0 Å². The van der Waals surface area contributed by atoms with Gasteiger partial charge in [-0.3, -0.25) is 4.90 Å². The molecule has 0 bridgehead atoms. The molecule has 0 amide bonds. The molecule has 4 heteroatoms. The van der Waals surface area contributed by atoms with Crippen LogP contribution in [0.5, 0.6) is 0 Å². The first-order valence-electron chi connectivity index (χ1n) is 7.23. The molecule has 1 aromatic carbocycles. The highest BCUT2D eigenvalue weighted by atomic mass is 35.5. The van der Waals surface area contributed by atoms with Gasteiger partial charge in [0.15, 0.2) is 0 Å². The molecule has 2 nitrogen and oxygen atoms in total. The summed E-state index contributed by atoms with van der Waals surface area (Å²) >= 11 is 8.03. The second-order valence-corrected chi connectivity index (χ2v) is 6.79. The van der Waals surface area contributed by atoms with Gasteiger partial charge in [-0.1, -0.05) is 30.7 Å². The average molecular weight is 315 g/mol. The average Bonchev–Trinajstić information content (AvgIpc) is 2.44. The molecule has 2 N–H and O–H groups in total. The largest absolute Gasteiger partial charge is 0.326 e. The molecule has 0 fully saturated rings. The summed E-state index contributed by atoms with van der Waals surface area (Å²) in [5.74, 6) is 1.18. The van der Waals surface area contributed by atoms with E-state index in [0.29, 0.717) is 6.04 Å². The highest BCUT2D eigenvalue weighted by Crippen LogP contribution is 2.28. The van der Waals surface area contributed by atoms with Gasteiger partial charge < -0.3 is 5.73 Å². The fraction of sp³-hybridized carbons (Fsp3) is 0.625. The van der Waals surface area contributed by atoms with E-state index in [1.165, 1.54) is 17.7 Å². The molecule has 0 aliphatic heterocycles. The summed E-state index contributed by atoms with van der Waals surface area (Å²) in [7, 11) is 2.17. The molecule has 1 aromatic rings.